The van der Waals surface area contributed by atoms with Crippen LogP contribution in [0.4, 0.5) is 10.1 Å². The van der Waals surface area contributed by atoms with Gasteiger partial charge >= 0.3 is 5.69 Å². The molecule has 1 aromatic carbocycles. The molecule has 15 heavy (non-hydrogen) atoms. The summed E-state index contributed by atoms with van der Waals surface area (Å²) >= 11 is 5.57. The van der Waals surface area contributed by atoms with Gasteiger partial charge < -0.3 is 4.74 Å². The van der Waals surface area contributed by atoms with Gasteiger partial charge in [-0.15, -0.1) is 0 Å². The lowest BCUT2D eigenvalue weighted by molar-refractivity contribution is -0.388. The second-order valence-electron chi connectivity index (χ2n) is 2.52. The van der Waals surface area contributed by atoms with Gasteiger partial charge in [-0.2, -0.15) is 4.39 Å². The van der Waals surface area contributed by atoms with Gasteiger partial charge in [0.15, 0.2) is 6.29 Å². The van der Waals surface area contributed by atoms with E-state index in [2.05, 4.69) is 4.74 Å². The summed E-state index contributed by atoms with van der Waals surface area (Å²) in [6.07, 6.45) is 0.146. The number of rotatable bonds is 3. The van der Waals surface area contributed by atoms with Crippen molar-refractivity contribution in [2.45, 2.75) is 0 Å². The maximum atomic E-state index is 13.3. The second kappa shape index (κ2) is 4.22. The third kappa shape index (κ3) is 1.89. The van der Waals surface area contributed by atoms with Gasteiger partial charge in [0, 0.05) is 0 Å². The highest BCUT2D eigenvalue weighted by Gasteiger charge is 2.27. The number of carbonyl (C=O) groups is 1. The van der Waals surface area contributed by atoms with Crippen LogP contribution in [0.5, 0.6) is 5.75 Å². The van der Waals surface area contributed by atoms with Crippen LogP contribution in [0.1, 0.15) is 10.4 Å². The molecule has 0 fully saturated rings. The quantitative estimate of drug-likeness (QED) is 0.456. The van der Waals surface area contributed by atoms with E-state index >= 15 is 0 Å². The predicted octanol–water partition coefficient (Wildman–Crippen LogP) is 2.21. The molecule has 0 unspecified atom stereocenters. The molecule has 80 valence electrons. The fraction of sp³-hybridized carbons (Fsp3) is 0.125. The Balaban J connectivity index is 3.62. The number of ether oxygens (including phenoxy) is 1. The molecule has 1 aromatic rings. The monoisotopic (exact) mass is 233 g/mol. The first kappa shape index (κ1) is 11.4. The van der Waals surface area contributed by atoms with Crippen molar-refractivity contribution in [3.8, 4) is 5.75 Å². The molecule has 0 aromatic heterocycles. The van der Waals surface area contributed by atoms with Crippen molar-refractivity contribution in [1.29, 1.82) is 0 Å². The number of nitro benzene ring substituents is 1. The van der Waals surface area contributed by atoms with Crippen molar-refractivity contribution in [2.75, 3.05) is 7.11 Å². The zero-order valence-electron chi connectivity index (χ0n) is 7.49. The molecule has 0 aliphatic heterocycles. The zero-order chi connectivity index (χ0) is 11.6. The summed E-state index contributed by atoms with van der Waals surface area (Å²) in [4.78, 5) is 19.9. The minimum absolute atomic E-state index is 0.146. The van der Waals surface area contributed by atoms with Crippen LogP contribution < -0.4 is 4.74 Å². The van der Waals surface area contributed by atoms with Crippen LogP contribution in [0.25, 0.3) is 0 Å². The van der Waals surface area contributed by atoms with E-state index in [0.29, 0.717) is 0 Å². The smallest absolute Gasteiger partial charge is 0.348 e. The number of nitrogens with zero attached hydrogens (tertiary/aromatic N) is 1. The SMILES string of the molecule is COc1c(Cl)cc(C=O)c(F)c1[N+](=O)[O-]. The Hall–Kier alpha value is -1.69. The number of carbonyl (C=O) groups excluding carboxylic acids is 1. The highest BCUT2D eigenvalue weighted by atomic mass is 35.5. The van der Waals surface area contributed by atoms with E-state index in [1.54, 1.807) is 0 Å². The van der Waals surface area contributed by atoms with Crippen LogP contribution in [-0.4, -0.2) is 18.3 Å². The van der Waals surface area contributed by atoms with Gasteiger partial charge in [-0.1, -0.05) is 11.6 Å². The molecule has 0 bridgehead atoms. The highest BCUT2D eigenvalue weighted by Crippen LogP contribution is 2.38. The van der Waals surface area contributed by atoms with Crippen LogP contribution in [0, 0.1) is 15.9 Å². The number of hydrogen-bond acceptors (Lipinski definition) is 4. The van der Waals surface area contributed by atoms with E-state index < -0.39 is 27.7 Å². The molecule has 0 radical (unpaired) electrons. The topological polar surface area (TPSA) is 69.4 Å². The van der Waals surface area contributed by atoms with Gasteiger partial charge in [-0.3, -0.25) is 14.9 Å². The van der Waals surface area contributed by atoms with E-state index in [-0.39, 0.29) is 11.3 Å². The number of benzene rings is 1. The molecule has 0 saturated carbocycles. The van der Waals surface area contributed by atoms with Gasteiger partial charge in [0.2, 0.25) is 11.6 Å². The Morgan fingerprint density at radius 1 is 1.67 bits per heavy atom. The predicted molar refractivity (Wildman–Crippen MR) is 50.0 cm³/mol. The first-order chi connectivity index (χ1) is 7.02. The summed E-state index contributed by atoms with van der Waals surface area (Å²) in [7, 11) is 1.12. The molecule has 0 heterocycles. The van der Waals surface area contributed by atoms with E-state index in [9.17, 15) is 19.3 Å². The molecule has 7 heteroatoms. The first-order valence-corrected chi connectivity index (χ1v) is 4.06. The average Bonchev–Trinajstić information content (AvgIpc) is 2.19. The van der Waals surface area contributed by atoms with Crippen LogP contribution in [-0.2, 0) is 0 Å². The largest absolute Gasteiger partial charge is 0.489 e. The lowest BCUT2D eigenvalue weighted by atomic mass is 10.2. The summed E-state index contributed by atoms with van der Waals surface area (Å²) in [6.45, 7) is 0. The van der Waals surface area contributed by atoms with E-state index in [4.69, 9.17) is 11.6 Å². The number of halogens is 2. The average molecular weight is 234 g/mol. The molecular weight excluding hydrogens is 229 g/mol. The Morgan fingerprint density at radius 2 is 2.27 bits per heavy atom. The zero-order valence-corrected chi connectivity index (χ0v) is 8.25. The number of methoxy groups -OCH3 is 1. The molecule has 0 atom stereocenters. The molecule has 5 nitrogen and oxygen atoms in total. The van der Waals surface area contributed by atoms with Crippen LogP contribution in [0.15, 0.2) is 6.07 Å². The molecule has 0 amide bonds. The van der Waals surface area contributed by atoms with Crippen molar-refractivity contribution >= 4 is 23.6 Å². The van der Waals surface area contributed by atoms with Gasteiger partial charge in [0.05, 0.1) is 22.6 Å². The minimum Gasteiger partial charge on any atom is -0.489 e. The molecule has 1 rings (SSSR count). The van der Waals surface area contributed by atoms with Crippen LogP contribution in [0.3, 0.4) is 0 Å². The summed E-state index contributed by atoms with van der Waals surface area (Å²) in [5.41, 5.74) is -1.42. The lowest BCUT2D eigenvalue weighted by Crippen LogP contribution is -2.01. The highest BCUT2D eigenvalue weighted by molar-refractivity contribution is 6.32. The van der Waals surface area contributed by atoms with E-state index in [1.807, 2.05) is 0 Å². The summed E-state index contributed by atoms with van der Waals surface area (Å²) in [5.74, 6) is -1.65. The molecule has 0 N–H and O–H groups in total. The molecule has 0 saturated heterocycles. The van der Waals surface area contributed by atoms with E-state index in [1.165, 1.54) is 0 Å². The molecule has 0 aliphatic rings. The summed E-state index contributed by atoms with van der Waals surface area (Å²) in [6, 6.07) is 0.968. The number of nitro groups is 1. The normalized spacial score (nSPS) is 9.80. The Bertz CT molecular complexity index is 435. The molecule has 0 spiro atoms. The maximum absolute atomic E-state index is 13.3. The standard InChI is InChI=1S/C8H5ClFNO4/c1-15-8-5(9)2-4(3-12)6(10)7(8)11(13)14/h2-3H,1H3. The Labute approximate surface area is 88.6 Å². The van der Waals surface area contributed by atoms with Crippen molar-refractivity contribution in [3.63, 3.8) is 0 Å². The third-order valence-electron chi connectivity index (χ3n) is 1.69. The third-order valence-corrected chi connectivity index (χ3v) is 1.97. The Morgan fingerprint density at radius 3 is 2.67 bits per heavy atom. The fourth-order valence-corrected chi connectivity index (χ4v) is 1.34. The van der Waals surface area contributed by atoms with Crippen molar-refractivity contribution in [2.24, 2.45) is 0 Å². The van der Waals surface area contributed by atoms with Crippen LogP contribution in [0.2, 0.25) is 5.02 Å². The minimum atomic E-state index is -1.25. The van der Waals surface area contributed by atoms with Crippen LogP contribution >= 0.6 is 11.6 Å². The lowest BCUT2D eigenvalue weighted by Gasteiger charge is -2.05. The second-order valence-corrected chi connectivity index (χ2v) is 2.93. The summed E-state index contributed by atoms with van der Waals surface area (Å²) in [5, 5.41) is 10.3. The number of aldehydes is 1. The van der Waals surface area contributed by atoms with Gasteiger partial charge in [0.1, 0.15) is 0 Å². The molecule has 0 aliphatic carbocycles. The summed E-state index contributed by atoms with van der Waals surface area (Å²) < 4.78 is 17.9. The van der Waals surface area contributed by atoms with Crippen molar-refractivity contribution in [1.82, 2.24) is 0 Å². The molecular formula is C8H5ClFNO4. The first-order valence-electron chi connectivity index (χ1n) is 3.68. The Kier molecular flexibility index (Phi) is 3.21. The van der Waals surface area contributed by atoms with Crippen molar-refractivity contribution in [3.05, 3.63) is 32.6 Å². The van der Waals surface area contributed by atoms with Crippen molar-refractivity contribution < 1.29 is 18.8 Å². The fourth-order valence-electron chi connectivity index (χ4n) is 1.06. The van der Waals surface area contributed by atoms with Gasteiger partial charge in [0.25, 0.3) is 0 Å². The van der Waals surface area contributed by atoms with Gasteiger partial charge in [-0.05, 0) is 6.07 Å². The maximum Gasteiger partial charge on any atom is 0.348 e. The van der Waals surface area contributed by atoms with Gasteiger partial charge in [-0.25, -0.2) is 0 Å². The van der Waals surface area contributed by atoms with E-state index in [0.717, 1.165) is 13.2 Å². The number of hydrogen-bond donors (Lipinski definition) is 0.